The molecule has 0 saturated carbocycles. The zero-order chi connectivity index (χ0) is 12.1. The fourth-order valence-electron chi connectivity index (χ4n) is 1.89. The zero-order valence-electron chi connectivity index (χ0n) is 10.6. The number of carbonyl (C=O) groups is 1. The fourth-order valence-corrected chi connectivity index (χ4v) is 1.89. The van der Waals surface area contributed by atoms with E-state index in [1.54, 1.807) is 4.90 Å². The van der Waals surface area contributed by atoms with Crippen LogP contribution in [0.15, 0.2) is 6.33 Å². The number of fused-ring (bicyclic) bond motifs is 1. The fraction of sp³-hybridized carbons (Fsp3) is 0.667. The molecule has 0 unspecified atom stereocenters. The molecule has 0 radical (unpaired) electrons. The van der Waals surface area contributed by atoms with Crippen LogP contribution in [-0.4, -0.2) is 27.4 Å². The van der Waals surface area contributed by atoms with Crippen molar-refractivity contribution in [3.63, 3.8) is 0 Å². The minimum Gasteiger partial charge on any atom is -0.339 e. The van der Waals surface area contributed by atoms with Gasteiger partial charge in [0.15, 0.2) is 0 Å². The van der Waals surface area contributed by atoms with Gasteiger partial charge in [0.25, 0.3) is 0 Å². The van der Waals surface area contributed by atoms with Crippen LogP contribution in [0, 0.1) is 0 Å². The molecular weight excluding hydrogens is 202 g/mol. The Balaban J connectivity index is 0.000000606. The number of rotatable bonds is 2. The summed E-state index contributed by atoms with van der Waals surface area (Å²) in [5, 5.41) is 0. The highest BCUT2D eigenvalue weighted by Crippen LogP contribution is 2.19. The van der Waals surface area contributed by atoms with Crippen LogP contribution in [0.25, 0.3) is 0 Å². The number of nitrogens with zero attached hydrogens (tertiary/aromatic N) is 3. The van der Waals surface area contributed by atoms with E-state index in [0.29, 0.717) is 12.6 Å². The molecule has 0 atom stereocenters. The highest BCUT2D eigenvalue weighted by Gasteiger charge is 2.20. The molecule has 1 aliphatic rings. The molecule has 0 N–H and O–H groups in total. The third-order valence-corrected chi connectivity index (χ3v) is 2.68. The van der Waals surface area contributed by atoms with Crippen LogP contribution in [0.1, 0.15) is 45.1 Å². The molecule has 0 bridgehead atoms. The van der Waals surface area contributed by atoms with Crippen molar-refractivity contribution >= 4 is 6.41 Å². The molecule has 0 aromatic carbocycles. The van der Waals surface area contributed by atoms with Gasteiger partial charge in [-0.15, -0.1) is 0 Å². The van der Waals surface area contributed by atoms with Crippen LogP contribution in [0.3, 0.4) is 0 Å². The van der Waals surface area contributed by atoms with Gasteiger partial charge in [-0.1, -0.05) is 13.8 Å². The lowest BCUT2D eigenvalue weighted by atomic mass is 10.1. The lowest BCUT2D eigenvalue weighted by molar-refractivity contribution is -0.119. The van der Waals surface area contributed by atoms with E-state index in [2.05, 4.69) is 23.4 Å². The summed E-state index contributed by atoms with van der Waals surface area (Å²) in [6.45, 7) is 9.77. The summed E-state index contributed by atoms with van der Waals surface area (Å²) in [6, 6.07) is 0.453. The number of aromatic nitrogens is 2. The van der Waals surface area contributed by atoms with Gasteiger partial charge in [-0.3, -0.25) is 4.79 Å². The van der Waals surface area contributed by atoms with Gasteiger partial charge in [0, 0.05) is 24.7 Å². The van der Waals surface area contributed by atoms with E-state index in [4.69, 9.17) is 0 Å². The maximum absolute atomic E-state index is 10.6. The maximum Gasteiger partial charge on any atom is 0.210 e. The Morgan fingerprint density at radius 3 is 2.69 bits per heavy atom. The molecule has 2 heterocycles. The molecule has 4 nitrogen and oxygen atoms in total. The molecular formula is C12H21N3O. The Labute approximate surface area is 97.3 Å². The average Bonchev–Trinajstić information content (AvgIpc) is 2.74. The smallest absolute Gasteiger partial charge is 0.210 e. The van der Waals surface area contributed by atoms with Crippen molar-refractivity contribution in [2.45, 2.75) is 46.7 Å². The highest BCUT2D eigenvalue weighted by molar-refractivity contribution is 5.48. The predicted octanol–water partition coefficient (Wildman–Crippen LogP) is 2.00. The molecule has 16 heavy (non-hydrogen) atoms. The molecule has 1 aromatic heterocycles. The Morgan fingerprint density at radius 1 is 1.44 bits per heavy atom. The minimum absolute atomic E-state index is 0.453. The zero-order valence-corrected chi connectivity index (χ0v) is 10.6. The standard InChI is InChI=1S/C10H15N3O.C2H6/c1-8(2)13-6-11-9-5-12(7-14)4-3-10(9)13;1-2/h6-8H,3-5H2,1-2H3;1-2H3. The van der Waals surface area contributed by atoms with Crippen molar-refractivity contribution < 1.29 is 4.79 Å². The molecule has 1 aliphatic heterocycles. The van der Waals surface area contributed by atoms with E-state index >= 15 is 0 Å². The second-order valence-corrected chi connectivity index (χ2v) is 3.96. The monoisotopic (exact) mass is 223 g/mol. The second-order valence-electron chi connectivity index (χ2n) is 3.96. The van der Waals surface area contributed by atoms with Crippen LogP contribution in [0.5, 0.6) is 0 Å². The van der Waals surface area contributed by atoms with E-state index in [9.17, 15) is 4.79 Å². The summed E-state index contributed by atoms with van der Waals surface area (Å²) in [5.74, 6) is 0. The number of hydrogen-bond donors (Lipinski definition) is 0. The van der Waals surface area contributed by atoms with E-state index in [-0.39, 0.29) is 0 Å². The Bertz CT molecular complexity index is 344. The molecule has 0 aliphatic carbocycles. The minimum atomic E-state index is 0.453. The topological polar surface area (TPSA) is 38.1 Å². The first-order valence-electron chi connectivity index (χ1n) is 5.96. The summed E-state index contributed by atoms with van der Waals surface area (Å²) in [7, 11) is 0. The van der Waals surface area contributed by atoms with Gasteiger partial charge in [-0.25, -0.2) is 4.98 Å². The Morgan fingerprint density at radius 2 is 2.12 bits per heavy atom. The van der Waals surface area contributed by atoms with Crippen molar-refractivity contribution in [3.05, 3.63) is 17.7 Å². The summed E-state index contributed by atoms with van der Waals surface area (Å²) < 4.78 is 2.19. The van der Waals surface area contributed by atoms with Gasteiger partial charge in [-0.2, -0.15) is 0 Å². The van der Waals surface area contributed by atoms with E-state index in [0.717, 1.165) is 25.1 Å². The van der Waals surface area contributed by atoms with Crippen molar-refractivity contribution in [1.29, 1.82) is 0 Å². The quantitative estimate of drug-likeness (QED) is 0.719. The Hall–Kier alpha value is -1.32. The molecule has 4 heteroatoms. The number of carbonyl (C=O) groups excluding carboxylic acids is 1. The average molecular weight is 223 g/mol. The van der Waals surface area contributed by atoms with Crippen LogP contribution in [0.4, 0.5) is 0 Å². The molecule has 0 spiro atoms. The third-order valence-electron chi connectivity index (χ3n) is 2.68. The number of hydrogen-bond acceptors (Lipinski definition) is 2. The molecule has 1 aromatic rings. The summed E-state index contributed by atoms with van der Waals surface area (Å²) >= 11 is 0. The van der Waals surface area contributed by atoms with Crippen molar-refractivity contribution in [3.8, 4) is 0 Å². The molecule has 1 amide bonds. The first-order chi connectivity index (χ1) is 7.72. The third kappa shape index (κ3) is 2.43. The van der Waals surface area contributed by atoms with Crippen LogP contribution >= 0.6 is 0 Å². The summed E-state index contributed by atoms with van der Waals surface area (Å²) in [6.07, 6.45) is 3.70. The van der Waals surface area contributed by atoms with Gasteiger partial charge in [0.2, 0.25) is 6.41 Å². The van der Waals surface area contributed by atoms with Gasteiger partial charge < -0.3 is 9.47 Å². The normalized spacial score (nSPS) is 14.2. The van der Waals surface area contributed by atoms with Crippen molar-refractivity contribution in [2.75, 3.05) is 6.54 Å². The van der Waals surface area contributed by atoms with E-state index < -0.39 is 0 Å². The van der Waals surface area contributed by atoms with Crippen LogP contribution in [0.2, 0.25) is 0 Å². The van der Waals surface area contributed by atoms with E-state index in [1.807, 2.05) is 20.2 Å². The van der Waals surface area contributed by atoms with Crippen LogP contribution < -0.4 is 0 Å². The first-order valence-corrected chi connectivity index (χ1v) is 5.96. The molecule has 0 saturated heterocycles. The molecule has 2 rings (SSSR count). The molecule has 0 fully saturated rings. The summed E-state index contributed by atoms with van der Waals surface area (Å²) in [5.41, 5.74) is 2.34. The van der Waals surface area contributed by atoms with Crippen molar-refractivity contribution in [2.24, 2.45) is 0 Å². The maximum atomic E-state index is 10.6. The first kappa shape index (κ1) is 12.7. The highest BCUT2D eigenvalue weighted by atomic mass is 16.1. The van der Waals surface area contributed by atoms with Gasteiger partial charge in [-0.05, 0) is 13.8 Å². The van der Waals surface area contributed by atoms with Gasteiger partial charge in [0.05, 0.1) is 18.6 Å². The number of imidazole rings is 1. The largest absolute Gasteiger partial charge is 0.339 e. The number of amides is 1. The van der Waals surface area contributed by atoms with Gasteiger partial charge in [0.1, 0.15) is 0 Å². The van der Waals surface area contributed by atoms with Gasteiger partial charge >= 0.3 is 0 Å². The Kier molecular flexibility index (Phi) is 4.52. The lowest BCUT2D eigenvalue weighted by Crippen LogP contribution is -2.30. The molecule has 90 valence electrons. The predicted molar refractivity (Wildman–Crippen MR) is 64.1 cm³/mol. The van der Waals surface area contributed by atoms with Crippen LogP contribution in [-0.2, 0) is 17.8 Å². The second kappa shape index (κ2) is 5.68. The van der Waals surface area contributed by atoms with Crippen molar-refractivity contribution in [1.82, 2.24) is 14.5 Å². The van der Waals surface area contributed by atoms with E-state index in [1.165, 1.54) is 5.69 Å². The SMILES string of the molecule is CC.CC(C)n1cnc2c1CCN(C=O)C2. The summed E-state index contributed by atoms with van der Waals surface area (Å²) in [4.78, 5) is 16.7. The lowest BCUT2D eigenvalue weighted by Gasteiger charge is -2.24.